The van der Waals surface area contributed by atoms with Gasteiger partial charge >= 0.3 is 0 Å². The molecule has 0 unspecified atom stereocenters. The largest absolute Gasteiger partial charge is 0.269 e. The Hall–Kier alpha value is -2.23. The highest BCUT2D eigenvalue weighted by Gasteiger charge is 2.07. The number of benzene rings is 2. The highest BCUT2D eigenvalue weighted by atomic mass is 19.1. The molecular weight excluding hydrogens is 209 g/mol. The van der Waals surface area contributed by atoms with Gasteiger partial charge < -0.3 is 0 Å². The maximum Gasteiger partial charge on any atom is 0.269 e. The first-order chi connectivity index (χ1) is 7.68. The van der Waals surface area contributed by atoms with Crippen LogP contribution in [0.25, 0.3) is 11.1 Å². The molecule has 0 heterocycles. The quantitative estimate of drug-likeness (QED) is 0.571. The van der Waals surface area contributed by atoms with Gasteiger partial charge in [0.25, 0.3) is 5.69 Å². The number of rotatable bonds is 2. The zero-order valence-electron chi connectivity index (χ0n) is 8.26. The molecule has 2 rings (SSSR count). The Kier molecular flexibility index (Phi) is 2.64. The van der Waals surface area contributed by atoms with Crippen molar-refractivity contribution < 1.29 is 9.31 Å². The number of hydrogen-bond acceptors (Lipinski definition) is 2. The maximum absolute atomic E-state index is 13.4. The van der Waals surface area contributed by atoms with E-state index in [1.54, 1.807) is 18.2 Å². The third-order valence-electron chi connectivity index (χ3n) is 2.26. The molecule has 0 saturated heterocycles. The van der Waals surface area contributed by atoms with Gasteiger partial charge in [-0.25, -0.2) is 4.39 Å². The van der Waals surface area contributed by atoms with Crippen LogP contribution in [0.1, 0.15) is 0 Å². The normalized spacial score (nSPS) is 10.1. The average Bonchev–Trinajstić information content (AvgIpc) is 2.30. The second-order valence-electron chi connectivity index (χ2n) is 3.28. The van der Waals surface area contributed by atoms with Gasteiger partial charge in [-0.05, 0) is 23.8 Å². The molecule has 2 aromatic carbocycles. The lowest BCUT2D eigenvalue weighted by Gasteiger charge is -2.02. The Balaban J connectivity index is 2.43. The van der Waals surface area contributed by atoms with E-state index in [0.717, 1.165) is 0 Å². The number of nitro benzene ring substituents is 1. The van der Waals surface area contributed by atoms with Gasteiger partial charge in [-0.3, -0.25) is 10.1 Å². The van der Waals surface area contributed by atoms with Crippen molar-refractivity contribution in [3.63, 3.8) is 0 Å². The van der Waals surface area contributed by atoms with Crippen LogP contribution in [-0.2, 0) is 0 Å². The van der Waals surface area contributed by atoms with Gasteiger partial charge in [0.1, 0.15) is 5.82 Å². The van der Waals surface area contributed by atoms with Crippen LogP contribution < -0.4 is 0 Å². The lowest BCUT2D eigenvalue weighted by molar-refractivity contribution is -0.384. The average molecular weight is 217 g/mol. The highest BCUT2D eigenvalue weighted by Crippen LogP contribution is 2.24. The van der Waals surface area contributed by atoms with E-state index in [0.29, 0.717) is 11.1 Å². The van der Waals surface area contributed by atoms with Crippen LogP contribution in [0.4, 0.5) is 10.1 Å². The molecule has 16 heavy (non-hydrogen) atoms. The van der Waals surface area contributed by atoms with Crippen LogP contribution in [0.3, 0.4) is 0 Å². The van der Waals surface area contributed by atoms with E-state index in [9.17, 15) is 14.5 Å². The molecule has 0 saturated carbocycles. The van der Waals surface area contributed by atoms with E-state index in [4.69, 9.17) is 0 Å². The fourth-order valence-electron chi connectivity index (χ4n) is 1.46. The standard InChI is InChI=1S/C12H8FNO2/c13-12-4-2-1-3-11(12)9-5-7-10(8-6-9)14(15)16/h1-8H. The minimum absolute atomic E-state index is 0.0000827. The van der Waals surface area contributed by atoms with Gasteiger partial charge in [-0.2, -0.15) is 0 Å². The molecule has 0 aliphatic carbocycles. The third kappa shape index (κ3) is 1.91. The summed E-state index contributed by atoms with van der Waals surface area (Å²) in [6.07, 6.45) is 0. The van der Waals surface area contributed by atoms with Gasteiger partial charge in [-0.1, -0.05) is 18.2 Å². The molecule has 0 radical (unpaired) electrons. The van der Waals surface area contributed by atoms with Crippen molar-refractivity contribution in [2.45, 2.75) is 0 Å². The van der Waals surface area contributed by atoms with E-state index in [-0.39, 0.29) is 11.5 Å². The van der Waals surface area contributed by atoms with E-state index in [2.05, 4.69) is 0 Å². The molecule has 4 heteroatoms. The Morgan fingerprint density at radius 3 is 2.19 bits per heavy atom. The van der Waals surface area contributed by atoms with E-state index in [1.165, 1.54) is 30.3 Å². The summed E-state index contributed by atoms with van der Waals surface area (Å²) in [6, 6.07) is 12.1. The second kappa shape index (κ2) is 4.10. The minimum atomic E-state index is -0.481. The van der Waals surface area contributed by atoms with E-state index in [1.807, 2.05) is 0 Å². The smallest absolute Gasteiger partial charge is 0.258 e. The van der Waals surface area contributed by atoms with Crippen LogP contribution in [0.2, 0.25) is 0 Å². The van der Waals surface area contributed by atoms with Gasteiger partial charge in [0.05, 0.1) is 4.92 Å². The zero-order valence-corrected chi connectivity index (χ0v) is 8.26. The number of non-ortho nitro benzene ring substituents is 1. The second-order valence-corrected chi connectivity index (χ2v) is 3.28. The van der Waals surface area contributed by atoms with Crippen molar-refractivity contribution >= 4 is 5.69 Å². The molecule has 0 spiro atoms. The van der Waals surface area contributed by atoms with Gasteiger partial charge in [0, 0.05) is 17.7 Å². The highest BCUT2D eigenvalue weighted by molar-refractivity contribution is 5.65. The first-order valence-electron chi connectivity index (χ1n) is 4.68. The van der Waals surface area contributed by atoms with Crippen LogP contribution >= 0.6 is 0 Å². The molecule has 0 N–H and O–H groups in total. The molecule has 2 aromatic rings. The molecule has 0 aliphatic rings. The third-order valence-corrected chi connectivity index (χ3v) is 2.26. The Morgan fingerprint density at radius 1 is 1.00 bits per heavy atom. The first-order valence-corrected chi connectivity index (χ1v) is 4.68. The van der Waals surface area contributed by atoms with Gasteiger partial charge in [0.15, 0.2) is 0 Å². The van der Waals surface area contributed by atoms with Crippen molar-refractivity contribution in [2.75, 3.05) is 0 Å². The summed E-state index contributed by atoms with van der Waals surface area (Å²) in [5.74, 6) is -0.337. The summed E-state index contributed by atoms with van der Waals surface area (Å²) in [4.78, 5) is 9.97. The summed E-state index contributed by atoms with van der Waals surface area (Å²) in [5.41, 5.74) is 1.07. The Bertz CT molecular complexity index is 523. The lowest BCUT2D eigenvalue weighted by Crippen LogP contribution is -1.88. The molecule has 0 fully saturated rings. The van der Waals surface area contributed by atoms with Gasteiger partial charge in [0.2, 0.25) is 0 Å². The molecule has 3 nitrogen and oxygen atoms in total. The van der Waals surface area contributed by atoms with Crippen LogP contribution in [-0.4, -0.2) is 4.92 Å². The van der Waals surface area contributed by atoms with Crippen molar-refractivity contribution in [1.82, 2.24) is 0 Å². The van der Waals surface area contributed by atoms with Crippen LogP contribution in [0.5, 0.6) is 0 Å². The molecule has 80 valence electrons. The van der Waals surface area contributed by atoms with Crippen molar-refractivity contribution in [3.8, 4) is 11.1 Å². The first kappa shape index (κ1) is 10.3. The number of nitrogens with zero attached hydrogens (tertiary/aromatic N) is 1. The lowest BCUT2D eigenvalue weighted by atomic mass is 10.1. The zero-order chi connectivity index (χ0) is 11.5. The summed E-state index contributed by atoms with van der Waals surface area (Å²) in [6.45, 7) is 0. The monoisotopic (exact) mass is 217 g/mol. The number of hydrogen-bond donors (Lipinski definition) is 0. The van der Waals surface area contributed by atoms with Crippen LogP contribution in [0.15, 0.2) is 48.5 Å². The number of nitro groups is 1. The topological polar surface area (TPSA) is 43.1 Å². The van der Waals surface area contributed by atoms with E-state index >= 15 is 0 Å². The van der Waals surface area contributed by atoms with E-state index < -0.39 is 4.92 Å². The molecule has 0 aliphatic heterocycles. The molecule has 0 atom stereocenters. The fraction of sp³-hybridized carbons (Fsp3) is 0. The molecule has 0 bridgehead atoms. The summed E-state index contributed by atoms with van der Waals surface area (Å²) in [7, 11) is 0. The predicted molar refractivity (Wildman–Crippen MR) is 58.5 cm³/mol. The van der Waals surface area contributed by atoms with Crippen LogP contribution in [0, 0.1) is 15.9 Å². The van der Waals surface area contributed by atoms with Crippen molar-refractivity contribution in [3.05, 3.63) is 64.5 Å². The Morgan fingerprint density at radius 2 is 1.62 bits per heavy atom. The molecule has 0 amide bonds. The number of halogens is 1. The fourth-order valence-corrected chi connectivity index (χ4v) is 1.46. The van der Waals surface area contributed by atoms with Gasteiger partial charge in [-0.15, -0.1) is 0 Å². The predicted octanol–water partition coefficient (Wildman–Crippen LogP) is 3.40. The molecular formula is C12H8FNO2. The van der Waals surface area contributed by atoms with Crippen molar-refractivity contribution in [1.29, 1.82) is 0 Å². The SMILES string of the molecule is O=[N+]([O-])c1ccc(-c2ccccc2F)cc1. The summed E-state index contributed by atoms with van der Waals surface area (Å²) >= 11 is 0. The van der Waals surface area contributed by atoms with Crippen molar-refractivity contribution in [2.24, 2.45) is 0 Å². The summed E-state index contributed by atoms with van der Waals surface area (Å²) in [5, 5.41) is 10.4. The summed E-state index contributed by atoms with van der Waals surface area (Å²) < 4.78 is 13.4. The minimum Gasteiger partial charge on any atom is -0.258 e. The molecule has 0 aromatic heterocycles. The Labute approximate surface area is 91.3 Å². The maximum atomic E-state index is 13.4.